The van der Waals surface area contributed by atoms with Crippen LogP contribution in [-0.4, -0.2) is 24.7 Å². The first kappa shape index (κ1) is 13.2. The van der Waals surface area contributed by atoms with Gasteiger partial charge in [-0.05, 0) is 37.0 Å². The predicted molar refractivity (Wildman–Crippen MR) is 74.3 cm³/mol. The van der Waals surface area contributed by atoms with Crippen LogP contribution in [0.15, 0.2) is 18.2 Å². The largest absolute Gasteiger partial charge is 0.389 e. The summed E-state index contributed by atoms with van der Waals surface area (Å²) >= 11 is 4.93. The van der Waals surface area contributed by atoms with E-state index in [0.29, 0.717) is 11.5 Å². The van der Waals surface area contributed by atoms with Gasteiger partial charge in [-0.25, -0.2) is 4.39 Å². The average molecular weight is 268 g/mol. The number of hydrogen-bond acceptors (Lipinski definition) is 3. The summed E-state index contributed by atoms with van der Waals surface area (Å²) in [5.41, 5.74) is 6.94. The van der Waals surface area contributed by atoms with Crippen molar-refractivity contribution in [1.82, 2.24) is 0 Å². The highest BCUT2D eigenvalue weighted by molar-refractivity contribution is 7.80. The molecule has 0 spiro atoms. The second kappa shape index (κ2) is 6.11. The van der Waals surface area contributed by atoms with Gasteiger partial charge in [0.05, 0.1) is 6.61 Å². The van der Waals surface area contributed by atoms with E-state index in [-0.39, 0.29) is 10.8 Å². The summed E-state index contributed by atoms with van der Waals surface area (Å²) in [7, 11) is 0. The average Bonchev–Trinajstić information content (AvgIpc) is 2.38. The van der Waals surface area contributed by atoms with Crippen molar-refractivity contribution >= 4 is 22.9 Å². The van der Waals surface area contributed by atoms with Gasteiger partial charge in [0.15, 0.2) is 0 Å². The van der Waals surface area contributed by atoms with Crippen molar-refractivity contribution in [2.45, 2.75) is 12.8 Å². The van der Waals surface area contributed by atoms with Crippen LogP contribution in [0.2, 0.25) is 0 Å². The summed E-state index contributed by atoms with van der Waals surface area (Å²) in [5, 5.41) is 3.28. The fourth-order valence-electron chi connectivity index (χ4n) is 2.10. The monoisotopic (exact) mass is 268 g/mol. The van der Waals surface area contributed by atoms with E-state index in [4.69, 9.17) is 22.7 Å². The number of hydrogen-bond donors (Lipinski definition) is 2. The van der Waals surface area contributed by atoms with Gasteiger partial charge in [0.1, 0.15) is 10.8 Å². The van der Waals surface area contributed by atoms with Crippen LogP contribution in [0, 0.1) is 11.7 Å². The van der Waals surface area contributed by atoms with Crippen molar-refractivity contribution in [3.05, 3.63) is 29.6 Å². The fourth-order valence-corrected chi connectivity index (χ4v) is 2.27. The molecule has 1 heterocycles. The Hall–Kier alpha value is -1.20. The van der Waals surface area contributed by atoms with Crippen molar-refractivity contribution in [3.63, 3.8) is 0 Å². The number of nitrogens with two attached hydrogens (primary N) is 1. The first-order valence-corrected chi connectivity index (χ1v) is 6.48. The molecule has 1 unspecified atom stereocenters. The van der Waals surface area contributed by atoms with Gasteiger partial charge in [0, 0.05) is 24.4 Å². The van der Waals surface area contributed by atoms with Crippen molar-refractivity contribution in [1.29, 1.82) is 0 Å². The highest BCUT2D eigenvalue weighted by Gasteiger charge is 2.14. The second-order valence-corrected chi connectivity index (χ2v) is 4.96. The molecule has 0 saturated carbocycles. The maximum Gasteiger partial charge on any atom is 0.124 e. The zero-order valence-corrected chi connectivity index (χ0v) is 10.9. The lowest BCUT2D eigenvalue weighted by Gasteiger charge is -2.23. The Balaban J connectivity index is 2.01. The molecule has 1 aromatic rings. The molecule has 3 nitrogen and oxygen atoms in total. The van der Waals surface area contributed by atoms with Crippen LogP contribution in [0.5, 0.6) is 0 Å². The summed E-state index contributed by atoms with van der Waals surface area (Å²) < 4.78 is 18.6. The molecule has 2 rings (SSSR count). The summed E-state index contributed by atoms with van der Waals surface area (Å²) in [5.74, 6) is 0.160. The number of ether oxygens (including phenoxy) is 1. The Kier molecular flexibility index (Phi) is 4.49. The molecule has 0 aromatic heterocycles. The SMILES string of the molecule is NC(=S)c1cc(F)ccc1NCC1CCCOC1. The quantitative estimate of drug-likeness (QED) is 0.823. The minimum absolute atomic E-state index is 0.205. The third kappa shape index (κ3) is 3.40. The molecule has 1 aliphatic rings. The first-order chi connectivity index (χ1) is 8.66. The van der Waals surface area contributed by atoms with Crippen LogP contribution in [0.4, 0.5) is 10.1 Å². The van der Waals surface area contributed by atoms with Crippen molar-refractivity contribution < 1.29 is 9.13 Å². The molecule has 1 fully saturated rings. The van der Waals surface area contributed by atoms with Gasteiger partial charge in [-0.3, -0.25) is 0 Å². The molecule has 1 atom stereocenters. The van der Waals surface area contributed by atoms with E-state index in [0.717, 1.165) is 38.3 Å². The van der Waals surface area contributed by atoms with E-state index >= 15 is 0 Å². The van der Waals surface area contributed by atoms with Crippen LogP contribution < -0.4 is 11.1 Å². The van der Waals surface area contributed by atoms with Crippen LogP contribution in [-0.2, 0) is 4.74 Å². The topological polar surface area (TPSA) is 47.3 Å². The standard InChI is InChI=1S/C13H17FN2OS/c14-10-3-4-12(11(6-10)13(15)18)16-7-9-2-1-5-17-8-9/h3-4,6,9,16H,1-2,5,7-8H2,(H2,15,18). The van der Waals surface area contributed by atoms with Crippen LogP contribution >= 0.6 is 12.2 Å². The molecule has 5 heteroatoms. The minimum atomic E-state index is -0.329. The maximum atomic E-state index is 13.1. The molecule has 3 N–H and O–H groups in total. The van der Waals surface area contributed by atoms with E-state index in [1.807, 2.05) is 0 Å². The normalized spacial score (nSPS) is 19.5. The lowest BCUT2D eigenvalue weighted by molar-refractivity contribution is 0.0595. The van der Waals surface area contributed by atoms with Crippen molar-refractivity contribution in [3.8, 4) is 0 Å². The van der Waals surface area contributed by atoms with Crippen molar-refractivity contribution in [2.24, 2.45) is 11.7 Å². The van der Waals surface area contributed by atoms with E-state index in [1.165, 1.54) is 12.1 Å². The second-order valence-electron chi connectivity index (χ2n) is 4.52. The molecule has 1 saturated heterocycles. The van der Waals surface area contributed by atoms with Gasteiger partial charge >= 0.3 is 0 Å². The number of anilines is 1. The van der Waals surface area contributed by atoms with E-state index in [1.54, 1.807) is 6.07 Å². The highest BCUT2D eigenvalue weighted by Crippen LogP contribution is 2.19. The molecule has 0 radical (unpaired) electrons. The van der Waals surface area contributed by atoms with Gasteiger partial charge in [-0.15, -0.1) is 0 Å². The van der Waals surface area contributed by atoms with Crippen LogP contribution in [0.1, 0.15) is 18.4 Å². The van der Waals surface area contributed by atoms with Gasteiger partial charge < -0.3 is 15.8 Å². The number of benzene rings is 1. The first-order valence-electron chi connectivity index (χ1n) is 6.08. The number of rotatable bonds is 4. The third-order valence-corrected chi connectivity index (χ3v) is 3.30. The molecule has 1 aliphatic heterocycles. The van der Waals surface area contributed by atoms with E-state index in [9.17, 15) is 4.39 Å². The minimum Gasteiger partial charge on any atom is -0.389 e. The smallest absolute Gasteiger partial charge is 0.124 e. The zero-order valence-electron chi connectivity index (χ0n) is 10.1. The number of nitrogens with one attached hydrogen (secondary N) is 1. The molecular formula is C13H17FN2OS. The molecule has 98 valence electrons. The molecular weight excluding hydrogens is 251 g/mol. The Labute approximate surface area is 112 Å². The molecule has 0 bridgehead atoms. The van der Waals surface area contributed by atoms with E-state index in [2.05, 4.69) is 5.32 Å². The highest BCUT2D eigenvalue weighted by atomic mass is 32.1. The third-order valence-electron chi connectivity index (χ3n) is 3.08. The summed E-state index contributed by atoms with van der Waals surface area (Å²) in [6, 6.07) is 4.44. The Morgan fingerprint density at radius 3 is 3.06 bits per heavy atom. The molecule has 0 aliphatic carbocycles. The number of thiocarbonyl (C=S) groups is 1. The van der Waals surface area contributed by atoms with E-state index < -0.39 is 0 Å². The van der Waals surface area contributed by atoms with Gasteiger partial charge in [0.2, 0.25) is 0 Å². The Bertz CT molecular complexity index is 433. The summed E-state index contributed by atoms with van der Waals surface area (Å²) in [4.78, 5) is 0.205. The molecule has 18 heavy (non-hydrogen) atoms. The van der Waals surface area contributed by atoms with Gasteiger partial charge in [0.25, 0.3) is 0 Å². The number of halogens is 1. The lowest BCUT2D eigenvalue weighted by atomic mass is 10.0. The zero-order chi connectivity index (χ0) is 13.0. The summed E-state index contributed by atoms with van der Waals surface area (Å²) in [6.07, 6.45) is 2.24. The summed E-state index contributed by atoms with van der Waals surface area (Å²) in [6.45, 7) is 2.42. The Morgan fingerprint density at radius 1 is 1.56 bits per heavy atom. The van der Waals surface area contributed by atoms with Gasteiger partial charge in [-0.2, -0.15) is 0 Å². The predicted octanol–water partition coefficient (Wildman–Crippen LogP) is 2.30. The molecule has 0 amide bonds. The maximum absolute atomic E-state index is 13.1. The van der Waals surface area contributed by atoms with Crippen molar-refractivity contribution in [2.75, 3.05) is 25.1 Å². The lowest BCUT2D eigenvalue weighted by Crippen LogP contribution is -2.25. The van der Waals surface area contributed by atoms with Crippen LogP contribution in [0.25, 0.3) is 0 Å². The fraction of sp³-hybridized carbons (Fsp3) is 0.462. The van der Waals surface area contributed by atoms with Crippen LogP contribution in [0.3, 0.4) is 0 Å². The Morgan fingerprint density at radius 2 is 2.39 bits per heavy atom. The van der Waals surface area contributed by atoms with Gasteiger partial charge in [-0.1, -0.05) is 12.2 Å². The molecule has 1 aromatic carbocycles.